The van der Waals surface area contributed by atoms with Crippen molar-refractivity contribution in [2.45, 2.75) is 17.3 Å². The molecule has 6 heteroatoms. The van der Waals surface area contributed by atoms with E-state index in [4.69, 9.17) is 4.74 Å². The van der Waals surface area contributed by atoms with Gasteiger partial charge in [-0.25, -0.2) is 4.39 Å². The second kappa shape index (κ2) is 8.92. The van der Waals surface area contributed by atoms with E-state index < -0.39 is 0 Å². The van der Waals surface area contributed by atoms with Crippen LogP contribution in [-0.4, -0.2) is 21.9 Å². The number of hydrogen-bond acceptors (Lipinski definition) is 4. The zero-order chi connectivity index (χ0) is 20.1. The first kappa shape index (κ1) is 19.2. The monoisotopic (exact) mass is 405 g/mol. The zero-order valence-corrected chi connectivity index (χ0v) is 16.8. The second-order valence-corrected chi connectivity index (χ2v) is 7.43. The van der Waals surface area contributed by atoms with E-state index in [0.717, 1.165) is 33.5 Å². The van der Waals surface area contributed by atoms with Gasteiger partial charge in [-0.1, -0.05) is 66.4 Å². The number of hydrogen-bond donors (Lipinski definition) is 0. The fourth-order valence-corrected chi connectivity index (χ4v) is 4.02. The highest BCUT2D eigenvalue weighted by Crippen LogP contribution is 2.31. The van der Waals surface area contributed by atoms with Crippen molar-refractivity contribution in [2.24, 2.45) is 0 Å². The summed E-state index contributed by atoms with van der Waals surface area (Å²) in [6.45, 7) is 0. The van der Waals surface area contributed by atoms with Crippen molar-refractivity contribution >= 4 is 11.8 Å². The molecule has 0 aliphatic carbocycles. The average Bonchev–Trinajstić information content (AvgIpc) is 3.15. The minimum absolute atomic E-state index is 0.237. The molecule has 0 aliphatic heterocycles. The van der Waals surface area contributed by atoms with E-state index in [1.165, 1.54) is 17.8 Å². The fraction of sp³-hybridized carbons (Fsp3) is 0.130. The molecule has 4 rings (SSSR count). The zero-order valence-electron chi connectivity index (χ0n) is 16.0. The lowest BCUT2D eigenvalue weighted by atomic mass is 10.1. The van der Waals surface area contributed by atoms with Crippen LogP contribution in [0, 0.1) is 5.82 Å². The molecule has 29 heavy (non-hydrogen) atoms. The van der Waals surface area contributed by atoms with Gasteiger partial charge in [0.05, 0.1) is 12.8 Å². The summed E-state index contributed by atoms with van der Waals surface area (Å²) >= 11 is 1.52. The molecule has 0 N–H and O–H groups in total. The molecule has 1 heterocycles. The number of benzene rings is 3. The van der Waals surface area contributed by atoms with Crippen molar-refractivity contribution in [1.29, 1.82) is 0 Å². The Morgan fingerprint density at radius 2 is 1.66 bits per heavy atom. The molecule has 3 aromatic carbocycles. The van der Waals surface area contributed by atoms with Gasteiger partial charge in [-0.3, -0.25) is 4.57 Å². The van der Waals surface area contributed by atoms with Crippen molar-refractivity contribution in [3.8, 4) is 11.4 Å². The van der Waals surface area contributed by atoms with Crippen molar-refractivity contribution in [2.75, 3.05) is 7.11 Å². The summed E-state index contributed by atoms with van der Waals surface area (Å²) in [5, 5.41) is 9.62. The molecule has 0 saturated heterocycles. The van der Waals surface area contributed by atoms with Crippen LogP contribution in [-0.2, 0) is 12.2 Å². The first-order valence-corrected chi connectivity index (χ1v) is 10.2. The quantitative estimate of drug-likeness (QED) is 0.391. The molecular weight excluding hydrogens is 385 g/mol. The number of thioether (sulfide) groups is 1. The highest BCUT2D eigenvalue weighted by atomic mass is 32.2. The second-order valence-electron chi connectivity index (χ2n) is 6.49. The molecule has 0 bridgehead atoms. The Balaban J connectivity index is 1.71. The highest BCUT2D eigenvalue weighted by molar-refractivity contribution is 7.98. The molecule has 1 aromatic heterocycles. The summed E-state index contributed by atoms with van der Waals surface area (Å²) in [5.41, 5.74) is 2.93. The lowest BCUT2D eigenvalue weighted by molar-refractivity contribution is 0.411. The van der Waals surface area contributed by atoms with Gasteiger partial charge in [-0.2, -0.15) is 0 Å². The lowest BCUT2D eigenvalue weighted by Gasteiger charge is -2.14. The van der Waals surface area contributed by atoms with Crippen molar-refractivity contribution < 1.29 is 9.13 Å². The Bertz CT molecular complexity index is 1100. The van der Waals surface area contributed by atoms with E-state index in [1.54, 1.807) is 19.2 Å². The van der Waals surface area contributed by atoms with Gasteiger partial charge in [0.2, 0.25) is 0 Å². The normalized spacial score (nSPS) is 10.8. The Labute approximate surface area is 173 Å². The molecule has 0 fully saturated rings. The van der Waals surface area contributed by atoms with E-state index in [9.17, 15) is 4.39 Å². The van der Waals surface area contributed by atoms with Gasteiger partial charge in [0.25, 0.3) is 0 Å². The van der Waals surface area contributed by atoms with Crippen molar-refractivity contribution in [3.05, 3.63) is 102 Å². The Kier molecular flexibility index (Phi) is 5.91. The lowest BCUT2D eigenvalue weighted by Crippen LogP contribution is -2.05. The van der Waals surface area contributed by atoms with Gasteiger partial charge in [-0.05, 0) is 35.4 Å². The summed E-state index contributed by atoms with van der Waals surface area (Å²) in [5.74, 6) is 1.92. The number of para-hydroxylation sites is 2. The minimum atomic E-state index is -0.237. The number of methoxy groups -OCH3 is 1. The van der Waals surface area contributed by atoms with Gasteiger partial charge < -0.3 is 4.74 Å². The molecule has 0 atom stereocenters. The van der Waals surface area contributed by atoms with E-state index in [2.05, 4.69) is 22.3 Å². The number of halogens is 1. The number of rotatable bonds is 7. The summed E-state index contributed by atoms with van der Waals surface area (Å²) in [7, 11) is 1.65. The van der Waals surface area contributed by atoms with Crippen molar-refractivity contribution in [3.63, 3.8) is 0 Å². The van der Waals surface area contributed by atoms with Crippen LogP contribution in [0.3, 0.4) is 0 Å². The minimum Gasteiger partial charge on any atom is -0.495 e. The van der Waals surface area contributed by atoms with Crippen LogP contribution >= 0.6 is 11.8 Å². The number of aromatic nitrogens is 3. The third kappa shape index (κ3) is 4.49. The molecule has 0 aliphatic rings. The van der Waals surface area contributed by atoms with Crippen molar-refractivity contribution in [1.82, 2.24) is 14.8 Å². The summed E-state index contributed by atoms with van der Waals surface area (Å²) in [4.78, 5) is 0. The maximum absolute atomic E-state index is 13.5. The Morgan fingerprint density at radius 3 is 2.45 bits per heavy atom. The van der Waals surface area contributed by atoms with E-state index >= 15 is 0 Å². The van der Waals surface area contributed by atoms with Gasteiger partial charge in [0, 0.05) is 12.2 Å². The third-order valence-corrected chi connectivity index (χ3v) is 5.49. The smallest absolute Gasteiger partial charge is 0.196 e. The Morgan fingerprint density at radius 1 is 0.897 bits per heavy atom. The van der Waals surface area contributed by atoms with Crippen LogP contribution in [0.25, 0.3) is 5.69 Å². The average molecular weight is 405 g/mol. The van der Waals surface area contributed by atoms with Crippen LogP contribution < -0.4 is 4.74 Å². The molecule has 0 spiro atoms. The van der Waals surface area contributed by atoms with Crippen LogP contribution in [0.5, 0.6) is 5.75 Å². The molecule has 0 saturated carbocycles. The van der Waals surface area contributed by atoms with Crippen LogP contribution in [0.4, 0.5) is 4.39 Å². The molecule has 0 radical (unpaired) electrons. The van der Waals surface area contributed by atoms with Crippen LogP contribution in [0.2, 0.25) is 0 Å². The predicted molar refractivity (Wildman–Crippen MR) is 113 cm³/mol. The molecule has 0 amide bonds. The van der Waals surface area contributed by atoms with Gasteiger partial charge in [0.1, 0.15) is 17.4 Å². The summed E-state index contributed by atoms with van der Waals surface area (Å²) < 4.78 is 21.1. The highest BCUT2D eigenvalue weighted by Gasteiger charge is 2.18. The maximum atomic E-state index is 13.5. The van der Waals surface area contributed by atoms with E-state index in [-0.39, 0.29) is 5.82 Å². The fourth-order valence-electron chi connectivity index (χ4n) is 3.12. The summed E-state index contributed by atoms with van der Waals surface area (Å²) in [6.07, 6.45) is 0.645. The first-order valence-electron chi connectivity index (χ1n) is 9.23. The molecule has 4 nitrogen and oxygen atoms in total. The third-order valence-electron chi connectivity index (χ3n) is 4.49. The first-order chi connectivity index (χ1) is 14.2. The van der Waals surface area contributed by atoms with Gasteiger partial charge in [0.15, 0.2) is 5.16 Å². The van der Waals surface area contributed by atoms with Crippen LogP contribution in [0.1, 0.15) is 17.0 Å². The topological polar surface area (TPSA) is 39.9 Å². The van der Waals surface area contributed by atoms with E-state index in [0.29, 0.717) is 12.2 Å². The SMILES string of the molecule is COc1ccccc1-n1c(Cc2ccccc2)nnc1SCc1cccc(F)c1. The largest absolute Gasteiger partial charge is 0.495 e. The molecule has 146 valence electrons. The van der Waals surface area contributed by atoms with Gasteiger partial charge in [-0.15, -0.1) is 10.2 Å². The summed E-state index contributed by atoms with van der Waals surface area (Å²) in [6, 6.07) is 24.6. The molecule has 0 unspecified atom stereocenters. The maximum Gasteiger partial charge on any atom is 0.196 e. The Hall–Kier alpha value is -3.12. The molecule has 4 aromatic rings. The van der Waals surface area contributed by atoms with Crippen LogP contribution in [0.15, 0.2) is 84.0 Å². The van der Waals surface area contributed by atoms with Gasteiger partial charge >= 0.3 is 0 Å². The predicted octanol–water partition coefficient (Wildman–Crippen LogP) is 5.30. The number of nitrogens with zero attached hydrogens (tertiary/aromatic N) is 3. The number of ether oxygens (including phenoxy) is 1. The van der Waals surface area contributed by atoms with E-state index in [1.807, 2.05) is 53.1 Å². The standard InChI is InChI=1S/C23H20FN3OS/c1-28-21-13-6-5-12-20(21)27-22(15-17-8-3-2-4-9-17)25-26-23(27)29-16-18-10-7-11-19(24)14-18/h2-14H,15-16H2,1H3. The molecular formula is C23H20FN3OS.